The van der Waals surface area contributed by atoms with Crippen LogP contribution in [0.2, 0.25) is 0 Å². The first-order chi connectivity index (χ1) is 7.13. The molecule has 84 valence electrons. The van der Waals surface area contributed by atoms with Gasteiger partial charge in [0, 0.05) is 18.3 Å². The van der Waals surface area contributed by atoms with Crippen molar-refractivity contribution in [2.45, 2.75) is 32.4 Å². The number of hydrogen-bond acceptors (Lipinski definition) is 3. The van der Waals surface area contributed by atoms with E-state index >= 15 is 0 Å². The van der Waals surface area contributed by atoms with Crippen LogP contribution in [-0.2, 0) is 0 Å². The molecule has 1 aromatic rings. The summed E-state index contributed by atoms with van der Waals surface area (Å²) in [5.74, 6) is 0. The molecule has 0 aliphatic rings. The highest BCUT2D eigenvalue weighted by atomic mass is 16.3. The van der Waals surface area contributed by atoms with Crippen molar-refractivity contribution in [3.8, 4) is 0 Å². The molecule has 0 heterocycles. The number of hydrogen-bond donors (Lipinski definition) is 3. The molecule has 0 aliphatic heterocycles. The third-order valence-corrected chi connectivity index (χ3v) is 2.59. The van der Waals surface area contributed by atoms with Gasteiger partial charge < -0.3 is 16.2 Å². The molecule has 0 radical (unpaired) electrons. The van der Waals surface area contributed by atoms with Gasteiger partial charge in [0.2, 0.25) is 0 Å². The van der Waals surface area contributed by atoms with Crippen molar-refractivity contribution >= 4 is 5.69 Å². The van der Waals surface area contributed by atoms with Crippen molar-refractivity contribution in [1.29, 1.82) is 0 Å². The molecule has 0 saturated carbocycles. The third kappa shape index (κ3) is 3.90. The number of anilines is 1. The van der Waals surface area contributed by atoms with Crippen LogP contribution in [0.3, 0.4) is 0 Å². The minimum Gasteiger partial charge on any atom is -0.399 e. The molecule has 0 fully saturated rings. The van der Waals surface area contributed by atoms with E-state index in [1.807, 2.05) is 24.3 Å². The van der Waals surface area contributed by atoms with Crippen LogP contribution in [0.25, 0.3) is 0 Å². The molecule has 0 saturated heterocycles. The van der Waals surface area contributed by atoms with Crippen LogP contribution >= 0.6 is 0 Å². The highest BCUT2D eigenvalue weighted by molar-refractivity contribution is 5.39. The summed E-state index contributed by atoms with van der Waals surface area (Å²) >= 11 is 0. The molecule has 2 atom stereocenters. The lowest BCUT2D eigenvalue weighted by molar-refractivity contribution is 0.170. The predicted molar refractivity (Wildman–Crippen MR) is 63.6 cm³/mol. The van der Waals surface area contributed by atoms with Crippen molar-refractivity contribution in [1.82, 2.24) is 5.32 Å². The van der Waals surface area contributed by atoms with Crippen molar-refractivity contribution in [3.05, 3.63) is 29.8 Å². The first-order valence-electron chi connectivity index (χ1n) is 5.40. The largest absolute Gasteiger partial charge is 0.399 e. The van der Waals surface area contributed by atoms with E-state index in [0.29, 0.717) is 12.6 Å². The Kier molecular flexibility index (Phi) is 4.59. The summed E-state index contributed by atoms with van der Waals surface area (Å²) in [4.78, 5) is 0. The fourth-order valence-corrected chi connectivity index (χ4v) is 1.29. The molecular formula is C12H20N2O. The second kappa shape index (κ2) is 5.73. The van der Waals surface area contributed by atoms with Crippen LogP contribution < -0.4 is 11.1 Å². The van der Waals surface area contributed by atoms with E-state index in [0.717, 1.165) is 17.7 Å². The molecule has 3 nitrogen and oxygen atoms in total. The number of nitrogens with one attached hydrogen (secondary N) is 1. The monoisotopic (exact) mass is 208 g/mol. The zero-order valence-electron chi connectivity index (χ0n) is 9.40. The van der Waals surface area contributed by atoms with E-state index in [2.05, 4.69) is 19.2 Å². The average Bonchev–Trinajstić information content (AvgIpc) is 2.26. The fourth-order valence-electron chi connectivity index (χ4n) is 1.29. The van der Waals surface area contributed by atoms with Gasteiger partial charge in [0.05, 0.1) is 6.10 Å². The van der Waals surface area contributed by atoms with Crippen molar-refractivity contribution in [2.24, 2.45) is 0 Å². The Morgan fingerprint density at radius 2 is 1.93 bits per heavy atom. The minimum atomic E-state index is -0.459. The summed E-state index contributed by atoms with van der Waals surface area (Å²) in [5, 5.41) is 13.1. The summed E-state index contributed by atoms with van der Waals surface area (Å²) in [5.41, 5.74) is 7.20. The number of benzene rings is 1. The maximum atomic E-state index is 9.85. The molecule has 1 aromatic carbocycles. The van der Waals surface area contributed by atoms with Gasteiger partial charge in [-0.25, -0.2) is 0 Å². The van der Waals surface area contributed by atoms with E-state index in [4.69, 9.17) is 5.73 Å². The van der Waals surface area contributed by atoms with Crippen LogP contribution in [-0.4, -0.2) is 17.7 Å². The highest BCUT2D eigenvalue weighted by Crippen LogP contribution is 2.13. The maximum Gasteiger partial charge on any atom is 0.0914 e. The SMILES string of the molecule is CC[C@@H](C)NC[C@H](O)c1ccc(N)cc1. The minimum absolute atomic E-state index is 0.438. The van der Waals surface area contributed by atoms with Gasteiger partial charge in [-0.3, -0.25) is 0 Å². The smallest absolute Gasteiger partial charge is 0.0914 e. The maximum absolute atomic E-state index is 9.85. The Balaban J connectivity index is 2.46. The Morgan fingerprint density at radius 1 is 1.33 bits per heavy atom. The Labute approximate surface area is 91.3 Å². The molecule has 0 aliphatic carbocycles. The molecule has 4 N–H and O–H groups in total. The number of nitrogens with two attached hydrogens (primary N) is 1. The van der Waals surface area contributed by atoms with Crippen LogP contribution in [0.15, 0.2) is 24.3 Å². The van der Waals surface area contributed by atoms with Crippen LogP contribution in [0.1, 0.15) is 31.9 Å². The first kappa shape index (κ1) is 12.0. The lowest BCUT2D eigenvalue weighted by atomic mass is 10.1. The van der Waals surface area contributed by atoms with Crippen molar-refractivity contribution in [3.63, 3.8) is 0 Å². The van der Waals surface area contributed by atoms with Gasteiger partial charge in [0.1, 0.15) is 0 Å². The van der Waals surface area contributed by atoms with Crippen LogP contribution in [0, 0.1) is 0 Å². The van der Waals surface area contributed by atoms with Gasteiger partial charge in [-0.1, -0.05) is 19.1 Å². The summed E-state index contributed by atoms with van der Waals surface area (Å²) < 4.78 is 0. The summed E-state index contributed by atoms with van der Waals surface area (Å²) in [7, 11) is 0. The van der Waals surface area contributed by atoms with Crippen molar-refractivity contribution in [2.75, 3.05) is 12.3 Å². The average molecular weight is 208 g/mol. The van der Waals surface area contributed by atoms with E-state index in [1.165, 1.54) is 0 Å². The van der Waals surface area contributed by atoms with Gasteiger partial charge in [-0.15, -0.1) is 0 Å². The molecule has 0 spiro atoms. The van der Waals surface area contributed by atoms with Gasteiger partial charge in [0.15, 0.2) is 0 Å². The zero-order chi connectivity index (χ0) is 11.3. The first-order valence-corrected chi connectivity index (χ1v) is 5.40. The molecule has 0 amide bonds. The Hall–Kier alpha value is -1.06. The van der Waals surface area contributed by atoms with Crippen LogP contribution in [0.4, 0.5) is 5.69 Å². The third-order valence-electron chi connectivity index (χ3n) is 2.59. The standard InChI is InChI=1S/C12H20N2O/c1-3-9(2)14-8-12(15)10-4-6-11(13)7-5-10/h4-7,9,12,14-15H,3,8,13H2,1-2H3/t9-,12+/m1/s1. The molecule has 15 heavy (non-hydrogen) atoms. The van der Waals surface area contributed by atoms with Crippen LogP contribution in [0.5, 0.6) is 0 Å². The molecule has 0 bridgehead atoms. The Morgan fingerprint density at radius 3 is 2.47 bits per heavy atom. The number of nitrogen functional groups attached to an aromatic ring is 1. The van der Waals surface area contributed by atoms with Gasteiger partial charge >= 0.3 is 0 Å². The quantitative estimate of drug-likeness (QED) is 0.645. The summed E-state index contributed by atoms with van der Waals surface area (Å²) in [6.07, 6.45) is 0.605. The molecule has 0 unspecified atom stereocenters. The highest BCUT2D eigenvalue weighted by Gasteiger charge is 2.07. The lowest BCUT2D eigenvalue weighted by Crippen LogP contribution is -2.29. The predicted octanol–water partition coefficient (Wildman–Crippen LogP) is 1.69. The molecular weight excluding hydrogens is 188 g/mol. The number of aliphatic hydroxyl groups excluding tert-OH is 1. The van der Waals surface area contributed by atoms with Gasteiger partial charge in [-0.05, 0) is 31.0 Å². The second-order valence-corrected chi connectivity index (χ2v) is 3.90. The Bertz CT molecular complexity index is 284. The van der Waals surface area contributed by atoms with E-state index in [-0.39, 0.29) is 0 Å². The van der Waals surface area contributed by atoms with E-state index < -0.39 is 6.10 Å². The molecule has 3 heteroatoms. The van der Waals surface area contributed by atoms with Gasteiger partial charge in [0.25, 0.3) is 0 Å². The van der Waals surface area contributed by atoms with E-state index in [1.54, 1.807) is 0 Å². The van der Waals surface area contributed by atoms with E-state index in [9.17, 15) is 5.11 Å². The lowest BCUT2D eigenvalue weighted by Gasteiger charge is -2.16. The normalized spacial score (nSPS) is 14.9. The summed E-state index contributed by atoms with van der Waals surface area (Å²) in [6, 6.07) is 7.77. The molecule has 0 aromatic heterocycles. The van der Waals surface area contributed by atoms with Gasteiger partial charge in [-0.2, -0.15) is 0 Å². The second-order valence-electron chi connectivity index (χ2n) is 3.90. The number of rotatable bonds is 5. The fraction of sp³-hybridized carbons (Fsp3) is 0.500. The number of aliphatic hydroxyl groups is 1. The zero-order valence-corrected chi connectivity index (χ0v) is 9.40. The van der Waals surface area contributed by atoms with Crippen molar-refractivity contribution < 1.29 is 5.11 Å². The molecule has 1 rings (SSSR count). The summed E-state index contributed by atoms with van der Waals surface area (Å²) in [6.45, 7) is 4.81. The topological polar surface area (TPSA) is 58.3 Å².